The van der Waals surface area contributed by atoms with E-state index in [1.165, 1.54) is 0 Å². The molecule has 1 heterocycles. The Kier molecular flexibility index (Phi) is 15.5. The highest BCUT2D eigenvalue weighted by atomic mass is 35.5. The summed E-state index contributed by atoms with van der Waals surface area (Å²) in [7, 11) is 9.40. The molecule has 0 aliphatic carbocycles. The van der Waals surface area contributed by atoms with E-state index in [9.17, 15) is 14.2 Å². The number of anilines is 1. The summed E-state index contributed by atoms with van der Waals surface area (Å²) in [5, 5.41) is 12.5. The molecule has 10 heteroatoms. The second-order valence-electron chi connectivity index (χ2n) is 15.7. The van der Waals surface area contributed by atoms with Crippen LogP contribution >= 0.6 is 33.8 Å². The highest BCUT2D eigenvalue weighted by Gasteiger charge is 2.49. The average molecular weight is 745 g/mol. The maximum atomic E-state index is 12.5. The summed E-state index contributed by atoms with van der Waals surface area (Å²) >= 11 is 13.7. The molecule has 4 atom stereocenters. The van der Waals surface area contributed by atoms with Crippen molar-refractivity contribution < 1.29 is 27.9 Å². The van der Waals surface area contributed by atoms with E-state index in [-0.39, 0.29) is 16.8 Å². The molecule has 0 fully saturated rings. The number of nitrogens with zero attached hydrogens (tertiary/aromatic N) is 3. The topological polar surface area (TPSA) is 73.2 Å². The summed E-state index contributed by atoms with van der Waals surface area (Å²) < 4.78 is 31.1. The lowest BCUT2D eigenvalue weighted by molar-refractivity contribution is -0.962. The molecule has 0 amide bonds. The first-order valence-corrected chi connectivity index (χ1v) is 21.0. The molecule has 1 aliphatic rings. The molecule has 3 rings (SSSR count). The van der Waals surface area contributed by atoms with Crippen molar-refractivity contribution in [1.82, 2.24) is 0 Å². The van der Waals surface area contributed by atoms with E-state index in [4.69, 9.17) is 27.9 Å². The second-order valence-corrected chi connectivity index (χ2v) is 18.7. The fraction of sp³-hybridized carbons (Fsp3) is 0.692. The number of unbranched alkanes of at least 4 members (excludes halogenated alkanes) is 4. The van der Waals surface area contributed by atoms with Gasteiger partial charge in [-0.15, -0.1) is 0 Å². The molecule has 0 radical (unpaired) electrons. The fourth-order valence-electron chi connectivity index (χ4n) is 7.15. The first-order chi connectivity index (χ1) is 23.0. The van der Waals surface area contributed by atoms with Crippen LogP contribution in [0.3, 0.4) is 0 Å². The van der Waals surface area contributed by atoms with Gasteiger partial charge in [-0.2, -0.15) is 10.6 Å². The highest BCUT2D eigenvalue weighted by molar-refractivity contribution is 8.24. The van der Waals surface area contributed by atoms with Gasteiger partial charge in [0.15, 0.2) is 0 Å². The van der Waals surface area contributed by atoms with Gasteiger partial charge in [0.05, 0.1) is 64.6 Å². The number of halogens is 2. The van der Waals surface area contributed by atoms with Crippen LogP contribution in [0.5, 0.6) is 5.75 Å². The number of aliphatic hydroxyl groups excluding tert-OH is 1. The van der Waals surface area contributed by atoms with Crippen molar-refractivity contribution in [2.24, 2.45) is 5.41 Å². The van der Waals surface area contributed by atoms with Crippen molar-refractivity contribution >= 4 is 39.5 Å². The summed E-state index contributed by atoms with van der Waals surface area (Å²) in [5.74, 6) is 0.591. The first kappa shape index (κ1) is 42.2. The second kappa shape index (κ2) is 18.0. The van der Waals surface area contributed by atoms with Crippen molar-refractivity contribution in [3.05, 3.63) is 53.6 Å². The van der Waals surface area contributed by atoms with Crippen LogP contribution in [0.1, 0.15) is 95.6 Å². The molecule has 0 saturated heterocycles. The number of fused-ring (bicyclic) bond motifs is 1. The van der Waals surface area contributed by atoms with Gasteiger partial charge >= 0.3 is 0 Å². The third-order valence-electron chi connectivity index (χ3n) is 10.9. The standard InChI is InChI=1S/C39H65Cl2N3O4S/c1-10-13-24-39(25-14-11-2)29-49(46,47)34-23-20-31(42(4)5)28-33(34)35(36(39)45)30-18-21-32(22-19-30)48-27-17-15-16-26-44(8,9)38(41)37(40)43(6,7)12-3/h18-23,28,35-38,45H,10-17,24-27,29H2,1-9H3/p+2/t35?,36?,37-,38-/m0/s1. The molecule has 3 N–H and O–H groups in total. The Labute approximate surface area is 310 Å². The molecule has 1 aliphatic heterocycles. The molecule has 2 aromatic carbocycles. The van der Waals surface area contributed by atoms with Crippen LogP contribution in [0.25, 0.3) is 0 Å². The zero-order valence-corrected chi connectivity index (χ0v) is 34.1. The third-order valence-corrected chi connectivity index (χ3v) is 14.7. The SMILES string of the molecule is CCCCC1(CCCC)CS(O)(O)c2ccc(N(C)C)cc2C(c2ccc(OCCCCC[N+](C)(C)[C@H](Cl)[C@@H](Cl)[N+](C)(C)CC)cc2)C1O. The van der Waals surface area contributed by atoms with Crippen molar-refractivity contribution in [3.8, 4) is 5.75 Å². The minimum Gasteiger partial charge on any atom is -0.494 e. The van der Waals surface area contributed by atoms with Gasteiger partial charge in [-0.05, 0) is 80.5 Å². The number of aliphatic hydroxyl groups is 1. The minimum atomic E-state index is -3.14. The molecule has 0 bridgehead atoms. The Morgan fingerprint density at radius 3 is 2.00 bits per heavy atom. The third kappa shape index (κ3) is 10.4. The molecule has 0 aromatic heterocycles. The van der Waals surface area contributed by atoms with Gasteiger partial charge in [0.1, 0.15) is 5.75 Å². The van der Waals surface area contributed by atoms with Crippen molar-refractivity contribution in [3.63, 3.8) is 0 Å². The van der Waals surface area contributed by atoms with Crippen LogP contribution < -0.4 is 9.64 Å². The number of benzene rings is 2. The van der Waals surface area contributed by atoms with Gasteiger partial charge < -0.3 is 23.7 Å². The van der Waals surface area contributed by atoms with Gasteiger partial charge in [-0.1, -0.05) is 74.9 Å². The number of ether oxygens (including phenoxy) is 1. The van der Waals surface area contributed by atoms with Gasteiger partial charge in [-0.25, -0.2) is 0 Å². The van der Waals surface area contributed by atoms with Crippen LogP contribution in [0.4, 0.5) is 5.69 Å². The van der Waals surface area contributed by atoms with E-state index in [0.29, 0.717) is 20.5 Å². The quantitative estimate of drug-likeness (QED) is 0.0579. The summed E-state index contributed by atoms with van der Waals surface area (Å²) in [5.41, 5.74) is 1.78. The number of hydrogen-bond acceptors (Lipinski definition) is 5. The zero-order chi connectivity index (χ0) is 36.6. The highest BCUT2D eigenvalue weighted by Crippen LogP contribution is 2.62. The fourth-order valence-corrected chi connectivity index (χ4v) is 10.3. The van der Waals surface area contributed by atoms with Crippen LogP contribution in [-0.2, 0) is 0 Å². The monoisotopic (exact) mass is 743 g/mol. The largest absolute Gasteiger partial charge is 0.494 e. The first-order valence-electron chi connectivity index (χ1n) is 18.4. The smallest absolute Gasteiger partial charge is 0.231 e. The number of likely N-dealkylation sites (N-methyl/N-ethyl adjacent to an activating group) is 2. The lowest BCUT2D eigenvalue weighted by Gasteiger charge is -2.44. The van der Waals surface area contributed by atoms with Gasteiger partial charge in [-0.3, -0.25) is 9.11 Å². The van der Waals surface area contributed by atoms with E-state index >= 15 is 0 Å². The summed E-state index contributed by atoms with van der Waals surface area (Å²) in [6.07, 6.45) is 7.60. The Bertz CT molecular complexity index is 1300. The molecule has 2 aromatic rings. The lowest BCUT2D eigenvalue weighted by atomic mass is 9.68. The van der Waals surface area contributed by atoms with E-state index in [0.717, 1.165) is 93.4 Å². The Hall–Kier alpha value is -1.23. The average Bonchev–Trinajstić information content (AvgIpc) is 3.13. The number of alkyl halides is 2. The Morgan fingerprint density at radius 2 is 1.45 bits per heavy atom. The molecule has 280 valence electrons. The van der Waals surface area contributed by atoms with Crippen molar-refractivity contribution in [1.29, 1.82) is 0 Å². The predicted octanol–water partition coefficient (Wildman–Crippen LogP) is 9.59. The van der Waals surface area contributed by atoms with E-state index in [1.54, 1.807) is 0 Å². The molecular formula is C39H67Cl2N3O4S+2. The predicted molar refractivity (Wildman–Crippen MR) is 211 cm³/mol. The van der Waals surface area contributed by atoms with E-state index in [2.05, 4.69) is 61.1 Å². The normalized spacial score (nSPS) is 20.9. The maximum absolute atomic E-state index is 12.5. The van der Waals surface area contributed by atoms with Crippen molar-refractivity contribution in [2.45, 2.75) is 106 Å². The molecular weight excluding hydrogens is 677 g/mol. The minimum absolute atomic E-state index is 0.171. The van der Waals surface area contributed by atoms with Crippen LogP contribution in [0, 0.1) is 5.41 Å². The number of rotatable bonds is 19. The van der Waals surface area contributed by atoms with Crippen molar-refractivity contribution in [2.75, 3.05) is 72.6 Å². The van der Waals surface area contributed by atoms with Gasteiger partial charge in [0.2, 0.25) is 11.0 Å². The maximum Gasteiger partial charge on any atom is 0.231 e. The Morgan fingerprint density at radius 1 is 0.857 bits per heavy atom. The molecule has 0 spiro atoms. The number of quaternary nitrogens is 2. The molecule has 7 nitrogen and oxygen atoms in total. The van der Waals surface area contributed by atoms with Crippen LogP contribution in [0.2, 0.25) is 0 Å². The van der Waals surface area contributed by atoms with E-state index in [1.807, 2.05) is 49.3 Å². The zero-order valence-electron chi connectivity index (χ0n) is 31.8. The number of hydrogen-bond donors (Lipinski definition) is 3. The molecule has 0 saturated carbocycles. The Balaban J connectivity index is 1.78. The van der Waals surface area contributed by atoms with Gasteiger partial charge in [0.25, 0.3) is 0 Å². The van der Waals surface area contributed by atoms with Gasteiger partial charge in [0, 0.05) is 31.1 Å². The summed E-state index contributed by atoms with van der Waals surface area (Å²) in [6, 6.07) is 14.0. The molecule has 49 heavy (non-hydrogen) atoms. The lowest BCUT2D eigenvalue weighted by Crippen LogP contribution is -2.60. The van der Waals surface area contributed by atoms with E-state index < -0.39 is 28.0 Å². The summed E-state index contributed by atoms with van der Waals surface area (Å²) in [4.78, 5) is 2.59. The molecule has 2 unspecified atom stereocenters. The van der Waals surface area contributed by atoms with Crippen LogP contribution in [-0.4, -0.2) is 108 Å². The summed E-state index contributed by atoms with van der Waals surface area (Å²) in [6.45, 7) is 8.93. The van der Waals surface area contributed by atoms with Crippen LogP contribution in [0.15, 0.2) is 47.4 Å².